The third kappa shape index (κ3) is 4.71. The summed E-state index contributed by atoms with van der Waals surface area (Å²) in [6.45, 7) is 3.47. The van der Waals surface area contributed by atoms with Crippen LogP contribution in [0, 0.1) is 11.8 Å². The Labute approximate surface area is 169 Å². The molecular weight excluding hydrogens is 374 g/mol. The third-order valence-corrected chi connectivity index (χ3v) is 5.80. The van der Waals surface area contributed by atoms with Crippen LogP contribution in [0.4, 0.5) is 0 Å². The predicted octanol–water partition coefficient (Wildman–Crippen LogP) is 2.46. The van der Waals surface area contributed by atoms with E-state index in [4.69, 9.17) is 10.5 Å². The second-order valence-electron chi connectivity index (χ2n) is 7.25. The molecule has 148 valence electrons. The number of carbonyl (C=O) groups excluding carboxylic acids is 1. The zero-order chi connectivity index (χ0) is 20.3. The van der Waals surface area contributed by atoms with Gasteiger partial charge in [-0.25, -0.2) is 4.98 Å². The number of primary amides is 1. The van der Waals surface area contributed by atoms with E-state index in [2.05, 4.69) is 21.7 Å². The maximum absolute atomic E-state index is 11.6. The van der Waals surface area contributed by atoms with Gasteiger partial charge in [0.25, 0.3) is 5.91 Å². The van der Waals surface area contributed by atoms with E-state index in [1.54, 1.807) is 0 Å². The molecule has 0 saturated heterocycles. The average molecular weight is 400 g/mol. The lowest BCUT2D eigenvalue weighted by atomic mass is 10.0. The Balaban J connectivity index is 1.87. The summed E-state index contributed by atoms with van der Waals surface area (Å²) in [7, 11) is 4.01. The number of hydrogen-bond donors (Lipinski definition) is 2. The molecule has 0 spiro atoms. The van der Waals surface area contributed by atoms with Crippen molar-refractivity contribution in [2.75, 3.05) is 27.2 Å². The number of nitrogens with zero attached hydrogens (tertiary/aromatic N) is 2. The van der Waals surface area contributed by atoms with Crippen LogP contribution in [0.2, 0.25) is 0 Å². The molecule has 2 atom stereocenters. The number of amides is 1. The standard InChI is InChI=1S/C21H25N3O3S/c1-13-12-27-17-9-7-14(6-8-15(25)5-4-10-24(2)3)11-16(17)18-19(13)28-21(23-18)20(22)26/h7,9,11,13,15,25H,4-5,10,12H2,1-3H3,(H2,22,26). The summed E-state index contributed by atoms with van der Waals surface area (Å²) in [4.78, 5) is 19.1. The average Bonchev–Trinajstić information content (AvgIpc) is 3.05. The molecule has 0 aliphatic carbocycles. The molecule has 2 aromatic rings. The van der Waals surface area contributed by atoms with Crippen LogP contribution in [-0.2, 0) is 0 Å². The lowest BCUT2D eigenvalue weighted by molar-refractivity contribution is 0.1000. The van der Waals surface area contributed by atoms with Gasteiger partial charge in [-0.3, -0.25) is 4.79 Å². The molecule has 2 heterocycles. The summed E-state index contributed by atoms with van der Waals surface area (Å²) < 4.78 is 5.91. The Hall–Kier alpha value is -2.40. The molecule has 1 aliphatic heterocycles. The molecule has 3 rings (SSSR count). The third-order valence-electron chi connectivity index (χ3n) is 4.50. The number of nitrogens with two attached hydrogens (primary N) is 1. The molecule has 2 unspecified atom stereocenters. The van der Waals surface area contributed by atoms with Crippen molar-refractivity contribution in [3.63, 3.8) is 0 Å². The van der Waals surface area contributed by atoms with Gasteiger partial charge in [0.1, 0.15) is 11.9 Å². The highest BCUT2D eigenvalue weighted by Gasteiger charge is 2.26. The van der Waals surface area contributed by atoms with E-state index in [0.29, 0.717) is 23.8 Å². The zero-order valence-electron chi connectivity index (χ0n) is 16.4. The van der Waals surface area contributed by atoms with Gasteiger partial charge >= 0.3 is 0 Å². The first kappa shape index (κ1) is 20.3. The second kappa shape index (κ2) is 8.74. The number of benzene rings is 1. The van der Waals surface area contributed by atoms with E-state index >= 15 is 0 Å². The number of aliphatic hydroxyl groups excluding tert-OH is 1. The van der Waals surface area contributed by atoms with Gasteiger partial charge in [0.05, 0.1) is 12.3 Å². The minimum Gasteiger partial charge on any atom is -0.492 e. The minimum absolute atomic E-state index is 0.112. The zero-order valence-corrected chi connectivity index (χ0v) is 17.2. The van der Waals surface area contributed by atoms with Crippen LogP contribution in [0.1, 0.15) is 45.9 Å². The predicted molar refractivity (Wildman–Crippen MR) is 111 cm³/mol. The summed E-state index contributed by atoms with van der Waals surface area (Å²) in [6, 6.07) is 5.63. The molecule has 0 saturated carbocycles. The van der Waals surface area contributed by atoms with Gasteiger partial charge in [-0.05, 0) is 51.7 Å². The number of aromatic nitrogens is 1. The van der Waals surface area contributed by atoms with Crippen molar-refractivity contribution in [2.45, 2.75) is 31.8 Å². The molecule has 28 heavy (non-hydrogen) atoms. The van der Waals surface area contributed by atoms with Crippen LogP contribution in [0.3, 0.4) is 0 Å². The highest BCUT2D eigenvalue weighted by Crippen LogP contribution is 2.41. The Morgan fingerprint density at radius 2 is 2.29 bits per heavy atom. The summed E-state index contributed by atoms with van der Waals surface area (Å²) >= 11 is 1.32. The van der Waals surface area contributed by atoms with Crippen molar-refractivity contribution in [1.82, 2.24) is 9.88 Å². The molecule has 1 aromatic carbocycles. The molecule has 0 fully saturated rings. The first-order valence-electron chi connectivity index (χ1n) is 9.27. The number of hydrogen-bond acceptors (Lipinski definition) is 6. The van der Waals surface area contributed by atoms with E-state index in [-0.39, 0.29) is 5.92 Å². The Morgan fingerprint density at radius 3 is 3.00 bits per heavy atom. The van der Waals surface area contributed by atoms with E-state index < -0.39 is 12.0 Å². The van der Waals surface area contributed by atoms with Gasteiger partial charge in [-0.2, -0.15) is 0 Å². The molecule has 6 nitrogen and oxygen atoms in total. The minimum atomic E-state index is -0.661. The van der Waals surface area contributed by atoms with Crippen LogP contribution in [0.25, 0.3) is 11.3 Å². The Kier molecular flexibility index (Phi) is 6.35. The number of fused-ring (bicyclic) bond motifs is 3. The van der Waals surface area contributed by atoms with Crippen LogP contribution in [0.5, 0.6) is 5.75 Å². The lowest BCUT2D eigenvalue weighted by Crippen LogP contribution is -2.15. The van der Waals surface area contributed by atoms with Crippen LogP contribution in [0.15, 0.2) is 18.2 Å². The van der Waals surface area contributed by atoms with Crippen molar-refractivity contribution in [3.05, 3.63) is 33.6 Å². The SMILES string of the molecule is CC1COc2ccc(C#CC(O)CCCN(C)C)cc2-c2nc(C(N)=O)sc21. The fraction of sp³-hybridized carbons (Fsp3) is 0.429. The van der Waals surface area contributed by atoms with E-state index in [9.17, 15) is 9.90 Å². The number of thiazole rings is 1. The number of rotatable bonds is 5. The van der Waals surface area contributed by atoms with Gasteiger partial charge in [0.15, 0.2) is 5.01 Å². The fourth-order valence-electron chi connectivity index (χ4n) is 3.01. The fourth-order valence-corrected chi connectivity index (χ4v) is 3.98. The largest absolute Gasteiger partial charge is 0.492 e. The molecule has 1 aromatic heterocycles. The first-order chi connectivity index (χ1) is 13.3. The van der Waals surface area contributed by atoms with Crippen molar-refractivity contribution in [2.24, 2.45) is 5.73 Å². The maximum Gasteiger partial charge on any atom is 0.277 e. The topological polar surface area (TPSA) is 88.7 Å². The molecule has 0 radical (unpaired) electrons. The normalized spacial score (nSPS) is 16.2. The van der Waals surface area contributed by atoms with Crippen LogP contribution in [-0.4, -0.2) is 54.2 Å². The number of carbonyl (C=O) groups is 1. The molecule has 3 N–H and O–H groups in total. The lowest BCUT2D eigenvalue weighted by Gasteiger charge is -2.09. The van der Waals surface area contributed by atoms with Crippen molar-refractivity contribution in [1.29, 1.82) is 0 Å². The van der Waals surface area contributed by atoms with Gasteiger partial charge < -0.3 is 20.5 Å². The maximum atomic E-state index is 11.6. The Bertz CT molecular complexity index is 927. The molecule has 1 aliphatic rings. The number of ether oxygens (including phenoxy) is 1. The summed E-state index contributed by atoms with van der Waals surface area (Å²) in [5, 5.41) is 10.4. The molecule has 0 bridgehead atoms. The summed E-state index contributed by atoms with van der Waals surface area (Å²) in [5.41, 5.74) is 7.72. The highest BCUT2D eigenvalue weighted by atomic mass is 32.1. The van der Waals surface area contributed by atoms with E-state index in [1.165, 1.54) is 11.3 Å². The first-order valence-corrected chi connectivity index (χ1v) is 10.1. The van der Waals surface area contributed by atoms with E-state index in [1.807, 2.05) is 39.2 Å². The summed E-state index contributed by atoms with van der Waals surface area (Å²) in [5.74, 6) is 6.25. The van der Waals surface area contributed by atoms with Crippen molar-refractivity contribution >= 4 is 17.2 Å². The highest BCUT2D eigenvalue weighted by molar-refractivity contribution is 7.14. The summed E-state index contributed by atoms with van der Waals surface area (Å²) in [6.07, 6.45) is 0.859. The van der Waals surface area contributed by atoms with Gasteiger partial charge in [0.2, 0.25) is 0 Å². The van der Waals surface area contributed by atoms with Gasteiger partial charge in [-0.15, -0.1) is 11.3 Å². The smallest absolute Gasteiger partial charge is 0.277 e. The Morgan fingerprint density at radius 1 is 1.50 bits per heavy atom. The van der Waals surface area contributed by atoms with Crippen molar-refractivity contribution < 1.29 is 14.6 Å². The quantitative estimate of drug-likeness (QED) is 0.754. The molecule has 7 heteroatoms. The van der Waals surface area contributed by atoms with Gasteiger partial charge in [-0.1, -0.05) is 18.8 Å². The second-order valence-corrected chi connectivity index (χ2v) is 8.28. The monoisotopic (exact) mass is 399 g/mol. The van der Waals surface area contributed by atoms with Crippen molar-refractivity contribution in [3.8, 4) is 28.8 Å². The van der Waals surface area contributed by atoms with E-state index in [0.717, 1.165) is 34.7 Å². The molecular formula is C21H25N3O3S. The molecule has 1 amide bonds. The van der Waals surface area contributed by atoms with Crippen LogP contribution < -0.4 is 10.5 Å². The van der Waals surface area contributed by atoms with Gasteiger partial charge in [0, 0.05) is 21.9 Å². The number of aliphatic hydroxyl groups is 1. The van der Waals surface area contributed by atoms with Crippen LogP contribution >= 0.6 is 11.3 Å².